The van der Waals surface area contributed by atoms with Gasteiger partial charge in [-0.3, -0.25) is 4.90 Å². The Balaban J connectivity index is 1.37. The summed E-state index contributed by atoms with van der Waals surface area (Å²) in [5.74, 6) is 0.771. The van der Waals surface area contributed by atoms with Crippen LogP contribution in [-0.2, 0) is 25.4 Å². The zero-order valence-electron chi connectivity index (χ0n) is 30.6. The first-order chi connectivity index (χ1) is 24.4. The van der Waals surface area contributed by atoms with Crippen LogP contribution in [0.5, 0.6) is 17.2 Å². The molecule has 2 amide bonds. The highest BCUT2D eigenvalue weighted by atomic mass is 16.5. The van der Waals surface area contributed by atoms with E-state index in [0.717, 1.165) is 5.39 Å². The first-order valence-corrected chi connectivity index (χ1v) is 17.2. The summed E-state index contributed by atoms with van der Waals surface area (Å²) in [5.41, 5.74) is 2.10. The van der Waals surface area contributed by atoms with E-state index in [-0.39, 0.29) is 36.9 Å². The van der Waals surface area contributed by atoms with Gasteiger partial charge in [-0.2, -0.15) is 0 Å². The van der Waals surface area contributed by atoms with Crippen molar-refractivity contribution in [2.75, 3.05) is 59.4 Å². The highest BCUT2D eigenvalue weighted by Crippen LogP contribution is 2.38. The topological polar surface area (TPSA) is 138 Å². The van der Waals surface area contributed by atoms with Crippen molar-refractivity contribution in [2.45, 2.75) is 71.6 Å². The quantitative estimate of drug-likeness (QED) is 0.163. The summed E-state index contributed by atoms with van der Waals surface area (Å²) in [7, 11) is 4.56. The molecule has 0 saturated carbocycles. The monoisotopic (exact) mass is 707 g/mol. The fraction of sp³-hybridized carbons (Fsp3) is 0.500. The van der Waals surface area contributed by atoms with Gasteiger partial charge in [0.15, 0.2) is 11.5 Å². The number of esters is 1. The van der Waals surface area contributed by atoms with Crippen LogP contribution >= 0.6 is 0 Å². The summed E-state index contributed by atoms with van der Waals surface area (Å²) in [6.07, 6.45) is 2.29. The lowest BCUT2D eigenvalue weighted by Gasteiger charge is -2.36. The summed E-state index contributed by atoms with van der Waals surface area (Å²) in [5, 5.41) is 3.64. The van der Waals surface area contributed by atoms with Gasteiger partial charge < -0.3 is 43.1 Å². The number of carbonyl (C=O) groups excluding carboxylic acids is 2. The average molecular weight is 708 g/mol. The molecule has 2 aliphatic rings. The number of methoxy groups -OCH3 is 3. The summed E-state index contributed by atoms with van der Waals surface area (Å²) >= 11 is 0. The van der Waals surface area contributed by atoms with E-state index >= 15 is 0 Å². The number of urea groups is 1. The third-order valence-electron chi connectivity index (χ3n) is 9.02. The van der Waals surface area contributed by atoms with Crippen molar-refractivity contribution in [3.8, 4) is 17.2 Å². The predicted molar refractivity (Wildman–Crippen MR) is 193 cm³/mol. The van der Waals surface area contributed by atoms with Crippen molar-refractivity contribution in [1.29, 1.82) is 0 Å². The molecular weight excluding hydrogens is 658 g/mol. The fourth-order valence-corrected chi connectivity index (χ4v) is 6.91. The first kappa shape index (κ1) is 37.7. The molecule has 13 nitrogen and oxygen atoms in total. The van der Waals surface area contributed by atoms with E-state index in [1.807, 2.05) is 40.7 Å². The van der Waals surface area contributed by atoms with Crippen LogP contribution in [-0.4, -0.2) is 106 Å². The van der Waals surface area contributed by atoms with Gasteiger partial charge in [0.05, 0.1) is 45.7 Å². The molecule has 0 bridgehead atoms. The number of anilines is 1. The molecule has 0 spiro atoms. The third-order valence-corrected chi connectivity index (χ3v) is 9.02. The number of rotatable bonds is 11. The smallest absolute Gasteiger partial charge is 0.339 e. The number of aryl methyl sites for hydroxylation is 1. The molecule has 13 heteroatoms. The van der Waals surface area contributed by atoms with Gasteiger partial charge in [0, 0.05) is 67.9 Å². The van der Waals surface area contributed by atoms with Crippen molar-refractivity contribution < 1.29 is 42.4 Å². The standard InChI is InChI=1S/C38H49N3O10/c1-22-17-40(18-23(2)48-22)21-29(50-35(42)12-9-27-13-33(45-6)36(47-8)34(14-27)46-7)16-31-26(5)30-11-10-28(15-32(30)51-37(31)43)39-38(44)41-19-24(3)49-25(4)20-41/h9-15,22-25,29H,16-21H2,1-8H3,(H,39,44). The van der Waals surface area contributed by atoms with Crippen LogP contribution in [0, 0.1) is 6.92 Å². The second-order valence-corrected chi connectivity index (χ2v) is 13.3. The number of amides is 2. The van der Waals surface area contributed by atoms with E-state index in [1.165, 1.54) is 27.4 Å². The van der Waals surface area contributed by atoms with Crippen LogP contribution in [0.3, 0.4) is 0 Å². The summed E-state index contributed by atoms with van der Waals surface area (Å²) in [6.45, 7) is 12.4. The van der Waals surface area contributed by atoms with E-state index in [9.17, 15) is 14.4 Å². The van der Waals surface area contributed by atoms with Crippen molar-refractivity contribution in [1.82, 2.24) is 9.80 Å². The highest BCUT2D eigenvalue weighted by Gasteiger charge is 2.29. The van der Waals surface area contributed by atoms with Crippen molar-refractivity contribution in [3.63, 3.8) is 0 Å². The maximum absolute atomic E-state index is 13.5. The van der Waals surface area contributed by atoms with Gasteiger partial charge >= 0.3 is 17.6 Å². The van der Waals surface area contributed by atoms with E-state index < -0.39 is 17.7 Å². The van der Waals surface area contributed by atoms with Gasteiger partial charge in [-0.25, -0.2) is 14.4 Å². The van der Waals surface area contributed by atoms with Crippen molar-refractivity contribution in [3.05, 3.63) is 63.5 Å². The van der Waals surface area contributed by atoms with Crippen molar-refractivity contribution >= 4 is 34.7 Å². The van der Waals surface area contributed by atoms with Crippen LogP contribution in [0.1, 0.15) is 44.4 Å². The van der Waals surface area contributed by atoms with Gasteiger partial charge in [0.25, 0.3) is 0 Å². The maximum atomic E-state index is 13.5. The van der Waals surface area contributed by atoms with E-state index in [4.69, 9.17) is 32.8 Å². The summed E-state index contributed by atoms with van der Waals surface area (Å²) < 4.78 is 39.8. The lowest BCUT2D eigenvalue weighted by atomic mass is 10.00. The number of carbonyl (C=O) groups is 2. The zero-order chi connectivity index (χ0) is 36.8. The molecule has 2 aromatic carbocycles. The maximum Gasteiger partial charge on any atom is 0.339 e. The zero-order valence-corrected chi connectivity index (χ0v) is 30.6. The van der Waals surface area contributed by atoms with Crippen LogP contribution in [0.15, 0.2) is 45.6 Å². The number of nitrogens with zero attached hydrogens (tertiary/aromatic N) is 2. The second kappa shape index (κ2) is 16.6. The number of morpholine rings is 2. The van der Waals surface area contributed by atoms with Gasteiger partial charge in [-0.1, -0.05) is 0 Å². The summed E-state index contributed by atoms with van der Waals surface area (Å²) in [4.78, 5) is 43.7. The molecule has 0 radical (unpaired) electrons. The molecule has 2 fully saturated rings. The van der Waals surface area contributed by atoms with Crippen LogP contribution in [0.4, 0.5) is 10.5 Å². The number of nitrogens with one attached hydrogen (secondary N) is 1. The normalized spacial score (nSPS) is 21.8. The molecule has 51 heavy (non-hydrogen) atoms. The molecule has 5 rings (SSSR count). The van der Waals surface area contributed by atoms with Crippen LogP contribution < -0.4 is 25.2 Å². The van der Waals surface area contributed by atoms with Gasteiger partial charge in [-0.05, 0) is 76.1 Å². The molecule has 5 atom stereocenters. The Morgan fingerprint density at radius 2 is 1.51 bits per heavy atom. The minimum absolute atomic E-state index is 0.00207. The lowest BCUT2D eigenvalue weighted by Crippen LogP contribution is -2.49. The number of benzene rings is 2. The predicted octanol–water partition coefficient (Wildman–Crippen LogP) is 5.05. The molecule has 2 saturated heterocycles. The number of fused-ring (bicyclic) bond motifs is 1. The molecule has 1 N–H and O–H groups in total. The number of hydrogen-bond acceptors (Lipinski definition) is 11. The Hall–Kier alpha value is -4.59. The van der Waals surface area contributed by atoms with Gasteiger partial charge in [0.2, 0.25) is 5.75 Å². The number of ether oxygens (including phenoxy) is 6. The van der Waals surface area contributed by atoms with Crippen molar-refractivity contribution in [2.24, 2.45) is 0 Å². The molecule has 0 aliphatic carbocycles. The molecular formula is C38H49N3O10. The number of hydrogen-bond donors (Lipinski definition) is 1. The van der Waals surface area contributed by atoms with Gasteiger partial charge in [-0.15, -0.1) is 0 Å². The molecule has 3 aromatic rings. The molecule has 3 heterocycles. The molecule has 1 aromatic heterocycles. The Kier molecular flexibility index (Phi) is 12.3. The Labute approximate surface area is 298 Å². The Morgan fingerprint density at radius 3 is 2.10 bits per heavy atom. The summed E-state index contributed by atoms with van der Waals surface area (Å²) in [6, 6.07) is 8.46. The fourth-order valence-electron chi connectivity index (χ4n) is 6.91. The third kappa shape index (κ3) is 9.40. The van der Waals surface area contributed by atoms with E-state index in [1.54, 1.807) is 35.2 Å². The van der Waals surface area contributed by atoms with Crippen LogP contribution in [0.25, 0.3) is 17.0 Å². The minimum atomic E-state index is -0.671. The molecule has 276 valence electrons. The molecule has 5 unspecified atom stereocenters. The Bertz CT molecular complexity index is 1760. The Morgan fingerprint density at radius 1 is 0.902 bits per heavy atom. The molecule has 2 aliphatic heterocycles. The van der Waals surface area contributed by atoms with Crippen LogP contribution in [0.2, 0.25) is 0 Å². The first-order valence-electron chi connectivity index (χ1n) is 17.2. The largest absolute Gasteiger partial charge is 0.493 e. The lowest BCUT2D eigenvalue weighted by molar-refractivity contribution is -0.145. The van der Waals surface area contributed by atoms with E-state index in [0.29, 0.717) is 77.9 Å². The second-order valence-electron chi connectivity index (χ2n) is 13.3. The highest BCUT2D eigenvalue weighted by molar-refractivity contribution is 5.93. The SMILES string of the molecule is COc1cc(C=CC(=O)OC(Cc2c(C)c3ccc(NC(=O)N4CC(C)OC(C)C4)cc3oc2=O)CN2CC(C)OC(C)C2)cc(OC)c1OC. The van der Waals surface area contributed by atoms with Gasteiger partial charge in [0.1, 0.15) is 11.7 Å². The van der Waals surface area contributed by atoms with E-state index in [2.05, 4.69) is 10.2 Å². The average Bonchev–Trinajstić information content (AvgIpc) is 3.07. The minimum Gasteiger partial charge on any atom is -0.493 e.